The van der Waals surface area contributed by atoms with Crippen LogP contribution in [0.2, 0.25) is 0 Å². The second-order valence-electron chi connectivity index (χ2n) is 7.88. The fraction of sp³-hybridized carbons (Fsp3) is 0.600. The Morgan fingerprint density at radius 1 is 1.04 bits per heavy atom. The summed E-state index contributed by atoms with van der Waals surface area (Å²) in [6.45, 7) is 11.0. The monoisotopic (exact) mass is 392 g/mol. The molecule has 1 aromatic rings. The molecule has 1 fully saturated rings. The van der Waals surface area contributed by atoms with Gasteiger partial charge in [-0.1, -0.05) is 0 Å². The number of benzene rings is 1. The van der Waals surface area contributed by atoms with Crippen molar-refractivity contribution in [2.24, 2.45) is 0 Å². The van der Waals surface area contributed by atoms with Gasteiger partial charge in [-0.15, -0.1) is 0 Å². The molecule has 4 N–H and O–H groups in total. The number of quaternary nitrogens is 2. The van der Waals surface area contributed by atoms with Crippen molar-refractivity contribution in [3.8, 4) is 11.5 Å². The number of rotatable bonds is 6. The van der Waals surface area contributed by atoms with Crippen molar-refractivity contribution in [2.75, 3.05) is 51.3 Å². The Labute approximate surface area is 166 Å². The summed E-state index contributed by atoms with van der Waals surface area (Å²) in [7, 11) is 0. The molecule has 8 heteroatoms. The Kier molecular flexibility index (Phi) is 6.74. The van der Waals surface area contributed by atoms with E-state index in [2.05, 4.69) is 10.6 Å². The van der Waals surface area contributed by atoms with E-state index in [-0.39, 0.29) is 23.9 Å². The summed E-state index contributed by atoms with van der Waals surface area (Å²) >= 11 is 0. The molecule has 1 atom stereocenters. The highest BCUT2D eigenvalue weighted by Crippen LogP contribution is 2.32. The summed E-state index contributed by atoms with van der Waals surface area (Å²) in [6, 6.07) is 5.49. The van der Waals surface area contributed by atoms with Crippen molar-refractivity contribution in [1.29, 1.82) is 0 Å². The second kappa shape index (κ2) is 9.25. The van der Waals surface area contributed by atoms with Crippen molar-refractivity contribution in [3.63, 3.8) is 0 Å². The van der Waals surface area contributed by atoms with Crippen molar-refractivity contribution >= 4 is 17.5 Å². The third-order valence-corrected chi connectivity index (χ3v) is 5.27. The average Bonchev–Trinajstić information content (AvgIpc) is 2.67. The number of fused-ring (bicyclic) bond motifs is 1. The first kappa shape index (κ1) is 20.4. The lowest BCUT2D eigenvalue weighted by atomic mass is 10.2. The van der Waals surface area contributed by atoms with Crippen LogP contribution < -0.4 is 29.9 Å². The highest BCUT2D eigenvalue weighted by Gasteiger charge is 2.32. The van der Waals surface area contributed by atoms with E-state index in [4.69, 9.17) is 9.47 Å². The summed E-state index contributed by atoms with van der Waals surface area (Å²) in [4.78, 5) is 27.1. The van der Waals surface area contributed by atoms with Crippen LogP contribution in [0.15, 0.2) is 18.2 Å². The molecule has 0 unspecified atom stereocenters. The Bertz CT molecular complexity index is 701. The molecule has 2 amide bonds. The predicted molar refractivity (Wildman–Crippen MR) is 105 cm³/mol. The molecule has 0 radical (unpaired) electrons. The van der Waals surface area contributed by atoms with E-state index < -0.39 is 0 Å². The molecule has 0 aromatic heterocycles. The molecular weight excluding hydrogens is 360 g/mol. The largest absolute Gasteiger partial charge is 0.486 e. The van der Waals surface area contributed by atoms with Crippen molar-refractivity contribution in [3.05, 3.63) is 18.2 Å². The van der Waals surface area contributed by atoms with Crippen LogP contribution in [0.1, 0.15) is 20.8 Å². The maximum absolute atomic E-state index is 12.7. The SMILES string of the molecule is CC(C)NC(=O)C[NH+]1CC[NH+]([C@H](C)C(=O)Nc2ccc3c(c2)OCCO3)CC1. The molecule has 3 rings (SSSR count). The Morgan fingerprint density at radius 2 is 1.71 bits per heavy atom. The molecule has 1 aromatic carbocycles. The first-order chi connectivity index (χ1) is 13.4. The summed E-state index contributed by atoms with van der Waals surface area (Å²) in [5.41, 5.74) is 0.718. The van der Waals surface area contributed by atoms with Gasteiger partial charge in [-0.05, 0) is 32.9 Å². The van der Waals surface area contributed by atoms with E-state index in [9.17, 15) is 9.59 Å². The summed E-state index contributed by atoms with van der Waals surface area (Å²) in [5, 5.41) is 5.93. The second-order valence-corrected chi connectivity index (χ2v) is 7.88. The Hall–Kier alpha value is -2.32. The van der Waals surface area contributed by atoms with Gasteiger partial charge in [0.05, 0.1) is 0 Å². The lowest BCUT2D eigenvalue weighted by molar-refractivity contribution is -1.01. The third-order valence-electron chi connectivity index (χ3n) is 5.27. The first-order valence-electron chi connectivity index (χ1n) is 10.1. The maximum atomic E-state index is 12.7. The minimum absolute atomic E-state index is 0.00678. The van der Waals surface area contributed by atoms with Gasteiger partial charge in [0.2, 0.25) is 0 Å². The zero-order valence-corrected chi connectivity index (χ0v) is 17.0. The van der Waals surface area contributed by atoms with Gasteiger partial charge in [-0.25, -0.2) is 0 Å². The molecule has 2 aliphatic heterocycles. The number of carbonyl (C=O) groups excluding carboxylic acids is 2. The van der Waals surface area contributed by atoms with Crippen LogP contribution >= 0.6 is 0 Å². The standard InChI is InChI=1S/C20H30N4O4/c1-14(2)21-19(25)13-23-6-8-24(9-7-23)15(3)20(26)22-16-4-5-17-18(12-16)28-11-10-27-17/h4-5,12,14-15H,6-11,13H2,1-3H3,(H,21,25)(H,22,26)/p+2/t15-/m1/s1. The average molecular weight is 393 g/mol. The van der Waals surface area contributed by atoms with Crippen LogP contribution in [-0.2, 0) is 9.59 Å². The third kappa shape index (κ3) is 5.36. The first-order valence-corrected chi connectivity index (χ1v) is 10.1. The lowest BCUT2D eigenvalue weighted by Gasteiger charge is -2.32. The molecule has 8 nitrogen and oxygen atoms in total. The highest BCUT2D eigenvalue weighted by molar-refractivity contribution is 5.94. The predicted octanol–water partition coefficient (Wildman–Crippen LogP) is -1.91. The molecule has 0 aliphatic carbocycles. The number of anilines is 1. The molecule has 0 saturated carbocycles. The summed E-state index contributed by atoms with van der Waals surface area (Å²) in [6.07, 6.45) is 0. The van der Waals surface area contributed by atoms with E-state index >= 15 is 0 Å². The van der Waals surface area contributed by atoms with Crippen LogP contribution in [0, 0.1) is 0 Å². The van der Waals surface area contributed by atoms with Crippen LogP contribution in [0.5, 0.6) is 11.5 Å². The van der Waals surface area contributed by atoms with Crippen molar-refractivity contribution < 1.29 is 28.9 Å². The van der Waals surface area contributed by atoms with Gasteiger partial charge in [0.25, 0.3) is 11.8 Å². The molecule has 0 bridgehead atoms. The zero-order valence-electron chi connectivity index (χ0n) is 17.0. The van der Waals surface area contributed by atoms with E-state index in [1.165, 1.54) is 9.80 Å². The van der Waals surface area contributed by atoms with Crippen LogP contribution in [0.4, 0.5) is 5.69 Å². The van der Waals surface area contributed by atoms with Gasteiger partial charge in [0.15, 0.2) is 24.1 Å². The molecule has 0 spiro atoms. The van der Waals surface area contributed by atoms with Gasteiger partial charge in [0.1, 0.15) is 39.4 Å². The maximum Gasteiger partial charge on any atom is 0.282 e. The number of hydrogen-bond acceptors (Lipinski definition) is 4. The Balaban J connectivity index is 1.47. The van der Waals surface area contributed by atoms with Crippen molar-refractivity contribution in [2.45, 2.75) is 32.9 Å². The van der Waals surface area contributed by atoms with E-state index in [1.54, 1.807) is 0 Å². The minimum atomic E-state index is -0.153. The fourth-order valence-electron chi connectivity index (χ4n) is 3.69. The highest BCUT2D eigenvalue weighted by atomic mass is 16.6. The topological polar surface area (TPSA) is 85.5 Å². The Morgan fingerprint density at radius 3 is 2.39 bits per heavy atom. The smallest absolute Gasteiger partial charge is 0.282 e. The molecule has 1 saturated heterocycles. The zero-order chi connectivity index (χ0) is 20.1. The number of carbonyl (C=O) groups is 2. The van der Waals surface area contributed by atoms with Gasteiger partial charge >= 0.3 is 0 Å². The molecule has 28 heavy (non-hydrogen) atoms. The van der Waals surface area contributed by atoms with Gasteiger partial charge in [-0.2, -0.15) is 0 Å². The number of nitrogens with one attached hydrogen (secondary N) is 4. The van der Waals surface area contributed by atoms with Gasteiger partial charge in [0, 0.05) is 17.8 Å². The number of hydrogen-bond donors (Lipinski definition) is 4. The normalized spacial score (nSPS) is 22.4. The number of ether oxygens (including phenoxy) is 2. The quantitative estimate of drug-likeness (QED) is 0.455. The van der Waals surface area contributed by atoms with Crippen molar-refractivity contribution in [1.82, 2.24) is 5.32 Å². The van der Waals surface area contributed by atoms with Crippen LogP contribution in [-0.4, -0.2) is 69.8 Å². The molecular formula is C20H32N4O4+2. The molecule has 154 valence electrons. The van der Waals surface area contributed by atoms with Gasteiger partial charge in [-0.3, -0.25) is 9.59 Å². The fourth-order valence-corrected chi connectivity index (χ4v) is 3.69. The van der Waals surface area contributed by atoms with E-state index in [0.29, 0.717) is 31.3 Å². The van der Waals surface area contributed by atoms with E-state index in [1.807, 2.05) is 39.0 Å². The molecule has 2 aliphatic rings. The number of piperazine rings is 1. The van der Waals surface area contributed by atoms with Crippen LogP contribution in [0.3, 0.4) is 0 Å². The summed E-state index contributed by atoms with van der Waals surface area (Å²) in [5.74, 6) is 1.47. The van der Waals surface area contributed by atoms with Crippen LogP contribution in [0.25, 0.3) is 0 Å². The van der Waals surface area contributed by atoms with Gasteiger partial charge < -0.3 is 29.9 Å². The van der Waals surface area contributed by atoms with E-state index in [0.717, 1.165) is 31.9 Å². The number of amides is 2. The molecule has 2 heterocycles. The minimum Gasteiger partial charge on any atom is -0.486 e. The summed E-state index contributed by atoms with van der Waals surface area (Å²) < 4.78 is 11.1. The lowest BCUT2D eigenvalue weighted by Crippen LogP contribution is -3.30.